The van der Waals surface area contributed by atoms with Crippen molar-refractivity contribution in [1.29, 1.82) is 0 Å². The molecule has 0 radical (unpaired) electrons. The Labute approximate surface area is 188 Å². The van der Waals surface area contributed by atoms with Crippen molar-refractivity contribution in [3.8, 4) is 11.4 Å². The van der Waals surface area contributed by atoms with Crippen LogP contribution < -0.4 is 5.32 Å². The zero-order valence-corrected chi connectivity index (χ0v) is 19.0. The van der Waals surface area contributed by atoms with Crippen LogP contribution >= 0.6 is 0 Å². The number of aromatic nitrogens is 4. The summed E-state index contributed by atoms with van der Waals surface area (Å²) in [4.78, 5) is 27.0. The third-order valence-corrected chi connectivity index (χ3v) is 7.06. The van der Waals surface area contributed by atoms with Crippen LogP contribution in [0.3, 0.4) is 0 Å². The van der Waals surface area contributed by atoms with E-state index >= 15 is 0 Å². The van der Waals surface area contributed by atoms with Gasteiger partial charge in [0.25, 0.3) is 0 Å². The largest absolute Gasteiger partial charge is 0.478 e. The number of piperidine rings is 1. The SMILES string of the molecule is CC(C)(C)C1CCN(C(=O)Nc2ccc(C(=O)O)c(-c3nn[nH]n3)c2C2CCCC2)CC1. The molecule has 172 valence electrons. The van der Waals surface area contributed by atoms with Crippen LogP contribution in [0.15, 0.2) is 12.1 Å². The molecule has 1 aromatic heterocycles. The summed E-state index contributed by atoms with van der Waals surface area (Å²) in [6.07, 6.45) is 5.99. The number of benzene rings is 1. The third-order valence-electron chi connectivity index (χ3n) is 7.06. The topological polar surface area (TPSA) is 124 Å². The second kappa shape index (κ2) is 8.88. The molecule has 2 amide bonds. The molecule has 32 heavy (non-hydrogen) atoms. The zero-order valence-electron chi connectivity index (χ0n) is 19.0. The van der Waals surface area contributed by atoms with Crippen LogP contribution in [0.2, 0.25) is 0 Å². The summed E-state index contributed by atoms with van der Waals surface area (Å²) in [5.41, 5.74) is 2.26. The first-order chi connectivity index (χ1) is 15.3. The van der Waals surface area contributed by atoms with Crippen LogP contribution in [0.1, 0.15) is 81.1 Å². The lowest BCUT2D eigenvalue weighted by atomic mass is 9.75. The van der Waals surface area contributed by atoms with Gasteiger partial charge in [-0.25, -0.2) is 9.59 Å². The summed E-state index contributed by atoms with van der Waals surface area (Å²) in [5, 5.41) is 27.1. The quantitative estimate of drug-likeness (QED) is 0.642. The second-order valence-electron chi connectivity index (χ2n) is 10.0. The number of nitrogens with one attached hydrogen (secondary N) is 2. The van der Waals surface area contributed by atoms with Gasteiger partial charge < -0.3 is 15.3 Å². The molecule has 0 atom stereocenters. The van der Waals surface area contributed by atoms with Gasteiger partial charge in [-0.15, -0.1) is 10.2 Å². The maximum absolute atomic E-state index is 13.2. The molecule has 1 saturated carbocycles. The van der Waals surface area contributed by atoms with Gasteiger partial charge in [0.2, 0.25) is 5.82 Å². The average molecular weight is 441 g/mol. The van der Waals surface area contributed by atoms with Gasteiger partial charge in [0.15, 0.2) is 0 Å². The lowest BCUT2D eigenvalue weighted by molar-refractivity contribution is 0.0697. The van der Waals surface area contributed by atoms with Crippen LogP contribution in [0.25, 0.3) is 11.4 Å². The number of rotatable bonds is 4. The summed E-state index contributed by atoms with van der Waals surface area (Å²) in [5.74, 6) is -0.0671. The maximum atomic E-state index is 13.2. The first kappa shape index (κ1) is 22.2. The number of nitrogens with zero attached hydrogens (tertiary/aromatic N) is 4. The molecule has 1 saturated heterocycles. The fraction of sp³-hybridized carbons (Fsp3) is 0.609. The highest BCUT2D eigenvalue weighted by Gasteiger charge is 2.32. The molecule has 2 fully saturated rings. The number of amides is 2. The van der Waals surface area contributed by atoms with Crippen molar-refractivity contribution in [2.24, 2.45) is 11.3 Å². The van der Waals surface area contributed by atoms with E-state index in [4.69, 9.17) is 0 Å². The number of hydrogen-bond acceptors (Lipinski definition) is 5. The Morgan fingerprint density at radius 3 is 2.38 bits per heavy atom. The maximum Gasteiger partial charge on any atom is 0.336 e. The minimum Gasteiger partial charge on any atom is -0.478 e. The van der Waals surface area contributed by atoms with Gasteiger partial charge in [-0.05, 0) is 65.8 Å². The highest BCUT2D eigenvalue weighted by atomic mass is 16.4. The number of carbonyl (C=O) groups is 2. The molecule has 1 aromatic carbocycles. The lowest BCUT2D eigenvalue weighted by Gasteiger charge is -2.38. The number of aromatic carboxylic acids is 1. The van der Waals surface area contributed by atoms with Crippen molar-refractivity contribution in [3.63, 3.8) is 0 Å². The van der Waals surface area contributed by atoms with Crippen molar-refractivity contribution >= 4 is 17.7 Å². The van der Waals surface area contributed by atoms with E-state index in [1.54, 1.807) is 6.07 Å². The highest BCUT2D eigenvalue weighted by molar-refractivity contribution is 5.99. The number of carboxylic acids is 1. The van der Waals surface area contributed by atoms with Gasteiger partial charge in [0.05, 0.1) is 5.56 Å². The van der Waals surface area contributed by atoms with Crippen molar-refractivity contribution in [3.05, 3.63) is 23.3 Å². The van der Waals surface area contributed by atoms with Crippen molar-refractivity contribution < 1.29 is 14.7 Å². The van der Waals surface area contributed by atoms with Crippen LogP contribution in [0.5, 0.6) is 0 Å². The molecule has 9 nitrogen and oxygen atoms in total. The molecule has 1 aliphatic heterocycles. The highest BCUT2D eigenvalue weighted by Crippen LogP contribution is 2.44. The lowest BCUT2D eigenvalue weighted by Crippen LogP contribution is -2.43. The van der Waals surface area contributed by atoms with E-state index in [0.717, 1.165) is 57.2 Å². The molecular weight excluding hydrogens is 408 g/mol. The Bertz CT molecular complexity index is 968. The van der Waals surface area contributed by atoms with Crippen LogP contribution in [0.4, 0.5) is 10.5 Å². The predicted octanol–water partition coefficient (Wildman–Crippen LogP) is 4.51. The zero-order chi connectivity index (χ0) is 22.9. The first-order valence-electron chi connectivity index (χ1n) is 11.5. The van der Waals surface area contributed by atoms with Gasteiger partial charge in [-0.1, -0.05) is 33.6 Å². The number of tetrazole rings is 1. The molecule has 2 aliphatic rings. The van der Waals surface area contributed by atoms with Crippen LogP contribution in [-0.2, 0) is 0 Å². The molecule has 2 aromatic rings. The number of carbonyl (C=O) groups excluding carboxylic acids is 1. The molecular formula is C23H32N6O3. The number of H-pyrrole nitrogens is 1. The molecule has 0 unspecified atom stereocenters. The third kappa shape index (κ3) is 4.47. The number of likely N-dealkylation sites (tertiary alicyclic amines) is 1. The molecule has 3 N–H and O–H groups in total. The van der Waals surface area contributed by atoms with E-state index in [2.05, 4.69) is 46.7 Å². The summed E-state index contributed by atoms with van der Waals surface area (Å²) in [7, 11) is 0. The van der Waals surface area contributed by atoms with E-state index in [9.17, 15) is 14.7 Å². The minimum atomic E-state index is -1.05. The minimum absolute atomic E-state index is 0.122. The van der Waals surface area contributed by atoms with Crippen molar-refractivity contribution in [2.45, 2.75) is 65.2 Å². The summed E-state index contributed by atoms with van der Waals surface area (Å²) >= 11 is 0. The van der Waals surface area contributed by atoms with E-state index < -0.39 is 5.97 Å². The van der Waals surface area contributed by atoms with Gasteiger partial charge in [0.1, 0.15) is 0 Å². The van der Waals surface area contributed by atoms with Gasteiger partial charge >= 0.3 is 12.0 Å². The van der Waals surface area contributed by atoms with E-state index in [1.807, 2.05) is 4.90 Å². The fourth-order valence-corrected chi connectivity index (χ4v) is 5.20. The van der Waals surface area contributed by atoms with E-state index in [-0.39, 0.29) is 28.8 Å². The van der Waals surface area contributed by atoms with Crippen molar-refractivity contribution in [2.75, 3.05) is 18.4 Å². The van der Waals surface area contributed by atoms with Crippen LogP contribution in [-0.4, -0.2) is 55.7 Å². The van der Waals surface area contributed by atoms with Crippen LogP contribution in [0, 0.1) is 11.3 Å². The number of anilines is 1. The molecule has 4 rings (SSSR count). The Balaban J connectivity index is 1.65. The molecule has 0 spiro atoms. The Hall–Kier alpha value is -2.97. The Morgan fingerprint density at radius 1 is 1.12 bits per heavy atom. The van der Waals surface area contributed by atoms with Gasteiger partial charge in [-0.2, -0.15) is 5.21 Å². The second-order valence-corrected chi connectivity index (χ2v) is 10.0. The number of carboxylic acid groups (broad SMARTS) is 1. The van der Waals surface area contributed by atoms with E-state index in [1.165, 1.54) is 6.07 Å². The van der Waals surface area contributed by atoms with Gasteiger partial charge in [0, 0.05) is 24.3 Å². The number of aromatic amines is 1. The molecule has 0 bridgehead atoms. The number of urea groups is 1. The fourth-order valence-electron chi connectivity index (χ4n) is 5.20. The summed E-state index contributed by atoms with van der Waals surface area (Å²) in [6, 6.07) is 3.09. The molecule has 2 heterocycles. The molecule has 9 heteroatoms. The standard InChI is InChI=1S/C23H32N6O3/c1-23(2,3)15-10-12-29(13-11-15)22(32)24-17-9-8-16(21(30)31)19(20-25-27-28-26-20)18(17)14-6-4-5-7-14/h8-9,14-15H,4-7,10-13H2,1-3H3,(H,24,32)(H,30,31)(H,25,26,27,28). The number of hydrogen-bond donors (Lipinski definition) is 3. The Morgan fingerprint density at radius 2 is 1.81 bits per heavy atom. The van der Waals surface area contributed by atoms with Crippen molar-refractivity contribution in [1.82, 2.24) is 25.5 Å². The monoisotopic (exact) mass is 440 g/mol. The predicted molar refractivity (Wildman–Crippen MR) is 121 cm³/mol. The van der Waals surface area contributed by atoms with Gasteiger partial charge in [-0.3, -0.25) is 0 Å². The first-order valence-corrected chi connectivity index (χ1v) is 11.5. The Kier molecular flexibility index (Phi) is 6.17. The summed E-state index contributed by atoms with van der Waals surface area (Å²) < 4.78 is 0. The molecule has 1 aliphatic carbocycles. The average Bonchev–Trinajstić information content (AvgIpc) is 3.47. The summed E-state index contributed by atoms with van der Waals surface area (Å²) in [6.45, 7) is 8.20. The van der Waals surface area contributed by atoms with E-state index in [0.29, 0.717) is 17.2 Å². The smallest absolute Gasteiger partial charge is 0.336 e. The normalized spacial score (nSPS) is 18.2.